The van der Waals surface area contributed by atoms with Gasteiger partial charge in [0.15, 0.2) is 0 Å². The zero-order chi connectivity index (χ0) is 23.3. The summed E-state index contributed by atoms with van der Waals surface area (Å²) >= 11 is 2.67. The summed E-state index contributed by atoms with van der Waals surface area (Å²) in [6.07, 6.45) is 5.75. The number of ether oxygens (including phenoxy) is 1. The fraction of sp³-hybridized carbons (Fsp3) is 0.208. The maximum absolute atomic E-state index is 6.46. The van der Waals surface area contributed by atoms with Crippen LogP contribution in [0.5, 0.6) is 5.75 Å². The zero-order valence-corrected chi connectivity index (χ0v) is 20.0. The van der Waals surface area contributed by atoms with Gasteiger partial charge in [-0.1, -0.05) is 24.1 Å². The number of hydrogen-bond donors (Lipinski definition) is 4. The van der Waals surface area contributed by atoms with Crippen molar-refractivity contribution in [3.8, 4) is 16.3 Å². The summed E-state index contributed by atoms with van der Waals surface area (Å²) in [6.45, 7) is 1.92. The summed E-state index contributed by atoms with van der Waals surface area (Å²) in [5.74, 6) is 1.30. The largest absolute Gasteiger partial charge is 0.490 e. The van der Waals surface area contributed by atoms with E-state index in [-0.39, 0.29) is 6.10 Å². The molecule has 0 spiro atoms. The lowest BCUT2D eigenvalue weighted by atomic mass is 10.1. The molecule has 0 aliphatic carbocycles. The summed E-state index contributed by atoms with van der Waals surface area (Å²) in [7, 11) is 0. The van der Waals surface area contributed by atoms with E-state index in [9.17, 15) is 0 Å². The molecule has 3 heterocycles. The van der Waals surface area contributed by atoms with Crippen LogP contribution in [0.1, 0.15) is 18.4 Å². The average molecular weight is 492 g/mol. The number of nitrogens with one attached hydrogen (secondary N) is 2. The Balaban J connectivity index is 1.47. The predicted molar refractivity (Wildman–Crippen MR) is 141 cm³/mol. The van der Waals surface area contributed by atoms with Crippen LogP contribution in [0.4, 0.5) is 11.6 Å². The van der Waals surface area contributed by atoms with Gasteiger partial charge in [0.05, 0.1) is 11.1 Å². The van der Waals surface area contributed by atoms with Crippen molar-refractivity contribution in [2.75, 3.05) is 18.4 Å². The topological polar surface area (TPSA) is 124 Å². The van der Waals surface area contributed by atoms with E-state index in [4.69, 9.17) is 20.6 Å². The average Bonchev–Trinajstić information content (AvgIpc) is 3.39. The number of anilines is 2. The summed E-state index contributed by atoms with van der Waals surface area (Å²) in [5, 5.41) is 17.7. The summed E-state index contributed by atoms with van der Waals surface area (Å²) in [5.41, 5.74) is 10.1. The van der Waals surface area contributed by atoms with Gasteiger partial charge in [-0.15, -0.1) is 11.3 Å². The molecule has 10 heteroatoms. The van der Waals surface area contributed by atoms with Crippen LogP contribution >= 0.6 is 23.3 Å². The van der Waals surface area contributed by atoms with Crippen molar-refractivity contribution in [1.29, 1.82) is 0 Å². The van der Waals surface area contributed by atoms with Crippen molar-refractivity contribution in [1.82, 2.24) is 20.3 Å². The minimum absolute atomic E-state index is 0.171. The molecule has 0 radical (unpaired) electrons. The van der Waals surface area contributed by atoms with Gasteiger partial charge in [0.1, 0.15) is 16.9 Å². The molecule has 1 aliphatic heterocycles. The van der Waals surface area contributed by atoms with E-state index in [0.29, 0.717) is 11.6 Å². The van der Waals surface area contributed by atoms with E-state index < -0.39 is 0 Å². The second kappa shape index (κ2) is 10.4. The second-order valence-corrected chi connectivity index (χ2v) is 9.32. The van der Waals surface area contributed by atoms with Gasteiger partial charge < -0.3 is 21.1 Å². The van der Waals surface area contributed by atoms with Crippen LogP contribution in [0.15, 0.2) is 59.6 Å². The van der Waals surface area contributed by atoms with E-state index in [1.54, 1.807) is 16.7 Å². The Bertz CT molecular complexity index is 1300. The lowest BCUT2D eigenvalue weighted by Crippen LogP contribution is -2.34. The lowest BCUT2D eigenvalue weighted by Gasteiger charge is -2.25. The highest BCUT2D eigenvalue weighted by Gasteiger charge is 2.19. The maximum Gasteiger partial charge on any atom is 0.227 e. The second-order valence-electron chi connectivity index (χ2n) is 7.92. The van der Waals surface area contributed by atoms with Gasteiger partial charge in [0, 0.05) is 51.6 Å². The van der Waals surface area contributed by atoms with Crippen molar-refractivity contribution in [3.05, 3.63) is 65.1 Å². The van der Waals surface area contributed by atoms with Crippen LogP contribution in [-0.4, -0.2) is 34.1 Å². The molecule has 6 N–H and O–H groups in total. The first-order valence-electron chi connectivity index (χ1n) is 11.0. The molecule has 34 heavy (non-hydrogen) atoms. The third-order valence-corrected chi connectivity index (χ3v) is 6.77. The van der Waals surface area contributed by atoms with E-state index >= 15 is 0 Å². The molecule has 0 atom stereocenters. The SMILES string of the molecule is NS/C=C(\N)c1cccc(Nc2ncc3cc(-c4nccs4)c(OC4CCNCC4)cc3n2)c1. The molecule has 0 amide bonds. The molecule has 4 aromatic rings. The lowest BCUT2D eigenvalue weighted by molar-refractivity contribution is 0.163. The number of rotatable bonds is 7. The van der Waals surface area contributed by atoms with Crippen LogP contribution in [0.2, 0.25) is 0 Å². The Kier molecular flexibility index (Phi) is 6.91. The molecule has 1 aliphatic rings. The van der Waals surface area contributed by atoms with E-state index in [1.165, 1.54) is 0 Å². The highest BCUT2D eigenvalue weighted by Crippen LogP contribution is 2.36. The molecular formula is C24H25N7OS2. The zero-order valence-electron chi connectivity index (χ0n) is 18.4. The molecule has 2 aromatic heterocycles. The number of piperidine rings is 1. The van der Waals surface area contributed by atoms with Crippen molar-refractivity contribution in [2.24, 2.45) is 10.9 Å². The highest BCUT2D eigenvalue weighted by atomic mass is 32.2. The predicted octanol–water partition coefficient (Wildman–Crippen LogP) is 4.49. The molecular weight excluding hydrogens is 466 g/mol. The number of nitrogens with two attached hydrogens (primary N) is 2. The van der Waals surface area contributed by atoms with Crippen LogP contribution in [0.25, 0.3) is 27.2 Å². The van der Waals surface area contributed by atoms with Gasteiger partial charge in [-0.2, -0.15) is 0 Å². The Morgan fingerprint density at radius 3 is 2.88 bits per heavy atom. The van der Waals surface area contributed by atoms with E-state index in [0.717, 1.165) is 76.4 Å². The number of benzene rings is 2. The number of thiazole rings is 1. The summed E-state index contributed by atoms with van der Waals surface area (Å²) in [4.78, 5) is 13.8. The standard InChI is InChI=1S/C24H25N7OS2/c25-20(14-34-26)15-2-1-3-17(10-15)30-24-29-13-16-11-19(23-28-8-9-33-23)22(12-21(16)31-24)32-18-4-6-27-7-5-18/h1-3,8-14,18,27H,4-7,25-26H2,(H,29,30,31)/b20-14-. The summed E-state index contributed by atoms with van der Waals surface area (Å²) in [6, 6.07) is 11.8. The minimum Gasteiger partial charge on any atom is -0.490 e. The molecule has 174 valence electrons. The van der Waals surface area contributed by atoms with Crippen molar-refractivity contribution in [2.45, 2.75) is 18.9 Å². The van der Waals surface area contributed by atoms with Gasteiger partial charge >= 0.3 is 0 Å². The Hall–Kier alpha value is -3.18. The quantitative estimate of drug-likeness (QED) is 0.277. The fourth-order valence-corrected chi connectivity index (χ4v) is 4.82. The van der Waals surface area contributed by atoms with Crippen LogP contribution in [0.3, 0.4) is 0 Å². The molecule has 0 bridgehead atoms. The molecule has 1 saturated heterocycles. The monoisotopic (exact) mass is 491 g/mol. The third-order valence-electron chi connectivity index (χ3n) is 5.57. The van der Waals surface area contributed by atoms with Crippen LogP contribution in [-0.2, 0) is 0 Å². The number of nitrogens with zero attached hydrogens (tertiary/aromatic N) is 3. The van der Waals surface area contributed by atoms with Crippen LogP contribution in [0, 0.1) is 0 Å². The third kappa shape index (κ3) is 5.15. The van der Waals surface area contributed by atoms with E-state index in [2.05, 4.69) is 26.7 Å². The normalized spacial score (nSPS) is 14.9. The van der Waals surface area contributed by atoms with Crippen molar-refractivity contribution < 1.29 is 4.74 Å². The molecule has 1 fully saturated rings. The van der Waals surface area contributed by atoms with Gasteiger partial charge in [-0.05, 0) is 44.1 Å². The van der Waals surface area contributed by atoms with E-state index in [1.807, 2.05) is 48.1 Å². The molecule has 5 rings (SSSR count). The first-order valence-corrected chi connectivity index (χ1v) is 12.8. The number of fused-ring (bicyclic) bond motifs is 1. The number of aromatic nitrogens is 3. The highest BCUT2D eigenvalue weighted by molar-refractivity contribution is 8.00. The first-order chi connectivity index (χ1) is 16.7. The van der Waals surface area contributed by atoms with Gasteiger partial charge in [0.25, 0.3) is 0 Å². The summed E-state index contributed by atoms with van der Waals surface area (Å²) < 4.78 is 6.46. The maximum atomic E-state index is 6.46. The minimum atomic E-state index is 0.171. The molecule has 0 unspecified atom stereocenters. The molecule has 8 nitrogen and oxygen atoms in total. The smallest absolute Gasteiger partial charge is 0.227 e. The van der Waals surface area contributed by atoms with Crippen molar-refractivity contribution >= 4 is 51.5 Å². The Labute approximate surface area is 206 Å². The number of hydrogen-bond acceptors (Lipinski definition) is 10. The Morgan fingerprint density at radius 1 is 1.21 bits per heavy atom. The van der Waals surface area contributed by atoms with Crippen LogP contribution < -0.4 is 26.2 Å². The molecule has 2 aromatic carbocycles. The molecule has 0 saturated carbocycles. The van der Waals surface area contributed by atoms with Gasteiger partial charge in [-0.25, -0.2) is 15.0 Å². The van der Waals surface area contributed by atoms with Crippen molar-refractivity contribution in [3.63, 3.8) is 0 Å². The van der Waals surface area contributed by atoms with Gasteiger partial charge in [-0.3, -0.25) is 5.14 Å². The van der Waals surface area contributed by atoms with Gasteiger partial charge in [0.2, 0.25) is 5.95 Å². The first kappa shape index (κ1) is 22.6. The Morgan fingerprint density at radius 2 is 2.09 bits per heavy atom. The fourth-order valence-electron chi connectivity index (χ4n) is 3.88.